The predicted octanol–water partition coefficient (Wildman–Crippen LogP) is 1.89. The van der Waals surface area contributed by atoms with E-state index in [0.29, 0.717) is 11.3 Å². The zero-order chi connectivity index (χ0) is 21.2. The molecule has 7 nitrogen and oxygen atoms in total. The highest BCUT2D eigenvalue weighted by molar-refractivity contribution is 6.24. The van der Waals surface area contributed by atoms with Gasteiger partial charge in [0.25, 0.3) is 0 Å². The third kappa shape index (κ3) is 2.38. The molecule has 150 valence electrons. The van der Waals surface area contributed by atoms with Gasteiger partial charge in [-0.25, -0.2) is 4.90 Å². The number of hydrogen-bond donors (Lipinski definition) is 1. The molecule has 4 atom stereocenters. The van der Waals surface area contributed by atoms with Gasteiger partial charge in [0.1, 0.15) is 6.04 Å². The molecule has 7 heteroatoms. The summed E-state index contributed by atoms with van der Waals surface area (Å²) in [5, 5.41) is 0. The van der Waals surface area contributed by atoms with Crippen LogP contribution < -0.4 is 10.6 Å². The van der Waals surface area contributed by atoms with Crippen molar-refractivity contribution in [3.8, 4) is 0 Å². The van der Waals surface area contributed by atoms with Crippen molar-refractivity contribution < 1.29 is 19.2 Å². The molecule has 3 heterocycles. The largest absolute Gasteiger partial charge is 0.368 e. The molecule has 0 aliphatic carbocycles. The molecule has 2 fully saturated rings. The second-order valence-electron chi connectivity index (χ2n) is 7.85. The molecule has 0 unspecified atom stereocenters. The summed E-state index contributed by atoms with van der Waals surface area (Å²) in [6, 6.07) is 12.6. The molecule has 0 radical (unpaired) electrons. The number of amides is 3. The van der Waals surface area contributed by atoms with Gasteiger partial charge >= 0.3 is 0 Å². The first-order chi connectivity index (χ1) is 14.4. The molecule has 30 heavy (non-hydrogen) atoms. The maximum absolute atomic E-state index is 13.5. The third-order valence-corrected chi connectivity index (χ3v) is 6.29. The molecule has 2 saturated heterocycles. The molecule has 3 aliphatic rings. The van der Waals surface area contributed by atoms with Gasteiger partial charge < -0.3 is 10.6 Å². The van der Waals surface area contributed by atoms with Crippen molar-refractivity contribution in [2.45, 2.75) is 19.0 Å². The highest BCUT2D eigenvalue weighted by Gasteiger charge is 2.64. The highest BCUT2D eigenvalue weighted by atomic mass is 16.2. The lowest BCUT2D eigenvalue weighted by molar-refractivity contribution is -0.129. The number of rotatable bonds is 3. The van der Waals surface area contributed by atoms with E-state index < -0.39 is 35.7 Å². The monoisotopic (exact) mass is 401 g/mol. The number of imide groups is 1. The lowest BCUT2D eigenvalue weighted by Gasteiger charge is -2.34. The minimum absolute atomic E-state index is 0.104. The van der Waals surface area contributed by atoms with Crippen LogP contribution in [0.5, 0.6) is 0 Å². The number of primary amides is 1. The minimum Gasteiger partial charge on any atom is -0.368 e. The number of fused-ring (bicyclic) bond motifs is 5. The predicted molar refractivity (Wildman–Crippen MR) is 109 cm³/mol. The number of nitrogens with zero attached hydrogens (tertiary/aromatic N) is 2. The molecule has 5 rings (SSSR count). The average Bonchev–Trinajstić information content (AvgIpc) is 3.21. The summed E-state index contributed by atoms with van der Waals surface area (Å²) in [7, 11) is 0. The van der Waals surface area contributed by atoms with Crippen LogP contribution in [0.25, 0.3) is 6.08 Å². The zero-order valence-corrected chi connectivity index (χ0v) is 16.2. The van der Waals surface area contributed by atoms with E-state index in [1.807, 2.05) is 30.3 Å². The first-order valence-corrected chi connectivity index (χ1v) is 9.73. The Morgan fingerprint density at radius 2 is 1.60 bits per heavy atom. The summed E-state index contributed by atoms with van der Waals surface area (Å²) < 4.78 is 0. The summed E-state index contributed by atoms with van der Waals surface area (Å²) in [5.74, 6) is -3.11. The molecule has 3 amide bonds. The Hall–Kier alpha value is -3.74. The van der Waals surface area contributed by atoms with Crippen molar-refractivity contribution >= 4 is 35.3 Å². The minimum atomic E-state index is -0.900. The molecule has 3 aliphatic heterocycles. The maximum atomic E-state index is 13.5. The van der Waals surface area contributed by atoms with Gasteiger partial charge in [-0.2, -0.15) is 0 Å². The van der Waals surface area contributed by atoms with Gasteiger partial charge in [-0.3, -0.25) is 19.2 Å². The molecule has 0 saturated carbocycles. The van der Waals surface area contributed by atoms with Gasteiger partial charge in [0.05, 0.1) is 23.6 Å². The third-order valence-electron chi connectivity index (χ3n) is 6.29. The number of hydrogen-bond acceptors (Lipinski definition) is 5. The van der Waals surface area contributed by atoms with Crippen molar-refractivity contribution in [2.75, 3.05) is 4.90 Å². The highest BCUT2D eigenvalue weighted by Crippen LogP contribution is 2.52. The van der Waals surface area contributed by atoms with Crippen molar-refractivity contribution in [1.82, 2.24) is 4.90 Å². The normalized spacial score (nSPS) is 26.4. The van der Waals surface area contributed by atoms with Crippen molar-refractivity contribution in [3.05, 3.63) is 71.4 Å². The number of Topliss-reactive ketones (excluding diaryl/α,β-unsaturated/α-hetero) is 1. The average molecular weight is 401 g/mol. The first kappa shape index (κ1) is 18.3. The number of benzene rings is 2. The van der Waals surface area contributed by atoms with E-state index in [9.17, 15) is 19.2 Å². The molecule has 2 aromatic rings. The van der Waals surface area contributed by atoms with Crippen LogP contribution in [0.3, 0.4) is 0 Å². The molecule has 0 bridgehead atoms. The summed E-state index contributed by atoms with van der Waals surface area (Å²) in [4.78, 5) is 53.6. The van der Waals surface area contributed by atoms with Crippen LogP contribution in [-0.2, 0) is 14.4 Å². The Balaban J connectivity index is 1.60. The molecular formula is C23H19N3O4. The number of anilines is 1. The first-order valence-electron chi connectivity index (χ1n) is 9.73. The van der Waals surface area contributed by atoms with Gasteiger partial charge in [-0.1, -0.05) is 24.3 Å². The molecule has 2 aromatic carbocycles. The van der Waals surface area contributed by atoms with Crippen molar-refractivity contribution in [1.29, 1.82) is 0 Å². The van der Waals surface area contributed by atoms with Gasteiger partial charge in [0, 0.05) is 11.8 Å². The number of carbonyl (C=O) groups excluding carboxylic acids is 4. The van der Waals surface area contributed by atoms with E-state index in [-0.39, 0.29) is 11.7 Å². The molecule has 2 N–H and O–H groups in total. The topological polar surface area (TPSA) is 101 Å². The summed E-state index contributed by atoms with van der Waals surface area (Å²) >= 11 is 0. The fraction of sp³-hybridized carbons (Fsp3) is 0.217. The Bertz CT molecular complexity index is 1140. The summed E-state index contributed by atoms with van der Waals surface area (Å²) in [6.07, 6.45) is 3.63. The second-order valence-corrected chi connectivity index (χ2v) is 7.85. The lowest BCUT2D eigenvalue weighted by atomic mass is 9.84. The number of nitrogens with two attached hydrogens (primary N) is 1. The van der Waals surface area contributed by atoms with Crippen LogP contribution >= 0.6 is 0 Å². The van der Waals surface area contributed by atoms with E-state index in [1.54, 1.807) is 35.4 Å². The lowest BCUT2D eigenvalue weighted by Crippen LogP contribution is -2.46. The van der Waals surface area contributed by atoms with Gasteiger partial charge in [0.15, 0.2) is 5.78 Å². The number of carbonyl (C=O) groups is 4. The Labute approximate surface area is 172 Å². The smallest absolute Gasteiger partial charge is 0.240 e. The molecular weight excluding hydrogens is 382 g/mol. The van der Waals surface area contributed by atoms with Crippen molar-refractivity contribution in [2.24, 2.45) is 17.6 Å². The van der Waals surface area contributed by atoms with Crippen LogP contribution in [-0.4, -0.2) is 34.4 Å². The Morgan fingerprint density at radius 3 is 2.27 bits per heavy atom. The van der Waals surface area contributed by atoms with E-state index in [1.165, 1.54) is 6.92 Å². The van der Waals surface area contributed by atoms with Crippen LogP contribution in [0.1, 0.15) is 34.5 Å². The van der Waals surface area contributed by atoms with Crippen molar-refractivity contribution in [3.63, 3.8) is 0 Å². The van der Waals surface area contributed by atoms with Crippen LogP contribution in [0.2, 0.25) is 0 Å². The fourth-order valence-electron chi connectivity index (χ4n) is 4.98. The van der Waals surface area contributed by atoms with Crippen LogP contribution in [0.4, 0.5) is 5.69 Å². The quantitative estimate of drug-likeness (QED) is 0.625. The van der Waals surface area contributed by atoms with Crippen LogP contribution in [0, 0.1) is 11.8 Å². The summed E-state index contributed by atoms with van der Waals surface area (Å²) in [6.45, 7) is 1.45. The van der Waals surface area contributed by atoms with Gasteiger partial charge in [-0.15, -0.1) is 0 Å². The standard InChI is InChI=1S/C23H19N3O4/c1-12(27)13-6-8-15(9-7-13)26-22(29)17-18(23(26)30)20(21(24)28)25-11-10-14-4-2-3-5-16(14)19(17)25/h2-11,17-20H,1H3,(H2,24,28)/t17-,18+,19-,20-/m1/s1. The van der Waals surface area contributed by atoms with Gasteiger partial charge in [-0.05, 0) is 48.4 Å². The SMILES string of the molecule is CC(=O)c1ccc(N2C(=O)[C@@H]3[C@H](C2=O)[C@H](C(N)=O)N2C=Cc4ccccc4[C@H]32)cc1. The number of ketones is 1. The zero-order valence-electron chi connectivity index (χ0n) is 16.2. The van der Waals surface area contributed by atoms with Gasteiger partial charge in [0.2, 0.25) is 17.7 Å². The Morgan fingerprint density at radius 1 is 0.933 bits per heavy atom. The molecule has 0 spiro atoms. The summed E-state index contributed by atoms with van der Waals surface area (Å²) in [5.41, 5.74) is 8.42. The van der Waals surface area contributed by atoms with E-state index in [2.05, 4.69) is 0 Å². The second kappa shape index (κ2) is 6.38. The Kier molecular flexibility index (Phi) is 3.89. The van der Waals surface area contributed by atoms with Crippen LogP contribution in [0.15, 0.2) is 54.7 Å². The fourth-order valence-corrected chi connectivity index (χ4v) is 4.98. The van der Waals surface area contributed by atoms with E-state index in [4.69, 9.17) is 5.73 Å². The molecule has 0 aromatic heterocycles. The van der Waals surface area contributed by atoms with E-state index in [0.717, 1.165) is 16.0 Å². The van der Waals surface area contributed by atoms with E-state index >= 15 is 0 Å². The maximum Gasteiger partial charge on any atom is 0.240 e.